The molecule has 0 bridgehead atoms. The van der Waals surface area contributed by atoms with Crippen molar-refractivity contribution in [1.29, 1.82) is 0 Å². The van der Waals surface area contributed by atoms with E-state index in [9.17, 15) is 9.18 Å². The molecule has 0 atom stereocenters. The largest absolute Gasteiger partial charge is 0.423 e. The number of rotatable bonds is 5. The van der Waals surface area contributed by atoms with Crippen LogP contribution in [0.5, 0.6) is 0 Å². The Hall–Kier alpha value is -2.23. The highest BCUT2D eigenvalue weighted by Crippen LogP contribution is 2.32. The number of nitrogens with one attached hydrogen (secondary N) is 1. The Kier molecular flexibility index (Phi) is 5.24. The Bertz CT molecular complexity index is 1180. The van der Waals surface area contributed by atoms with Gasteiger partial charge in [-0.15, -0.1) is 10.2 Å². The molecule has 0 aliphatic carbocycles. The van der Waals surface area contributed by atoms with Crippen LogP contribution in [0, 0.1) is 5.82 Å². The number of halogens is 2. The summed E-state index contributed by atoms with van der Waals surface area (Å²) < 4.78 is 20.5. The van der Waals surface area contributed by atoms with Gasteiger partial charge in [-0.25, -0.2) is 9.18 Å². The number of anilines is 2. The lowest BCUT2D eigenvalue weighted by atomic mass is 10.1. The first-order valence-corrected chi connectivity index (χ1v) is 10.4. The van der Waals surface area contributed by atoms with Gasteiger partial charge < -0.3 is 9.73 Å². The molecule has 1 N–H and O–H groups in total. The molecular formula is C18H11BrFN3O2S2. The zero-order chi connectivity index (χ0) is 18.8. The molecule has 4 aromatic rings. The second-order valence-corrected chi connectivity index (χ2v) is 8.61. The Morgan fingerprint density at radius 3 is 2.89 bits per heavy atom. The minimum absolute atomic E-state index is 0.349. The van der Waals surface area contributed by atoms with Crippen LogP contribution in [0.25, 0.3) is 11.0 Å². The Labute approximate surface area is 169 Å². The molecule has 0 spiro atoms. The molecule has 2 aromatic carbocycles. The van der Waals surface area contributed by atoms with E-state index in [0.29, 0.717) is 26.5 Å². The van der Waals surface area contributed by atoms with Crippen molar-refractivity contribution in [1.82, 2.24) is 10.2 Å². The van der Waals surface area contributed by atoms with E-state index in [1.165, 1.54) is 35.2 Å². The third kappa shape index (κ3) is 4.20. The molecule has 0 fully saturated rings. The number of nitrogens with zero attached hydrogens (tertiary/aromatic N) is 2. The molecule has 9 heteroatoms. The van der Waals surface area contributed by atoms with Crippen molar-refractivity contribution in [2.75, 3.05) is 5.32 Å². The maximum Gasteiger partial charge on any atom is 0.336 e. The van der Waals surface area contributed by atoms with Crippen LogP contribution in [0.2, 0.25) is 0 Å². The fourth-order valence-corrected chi connectivity index (χ4v) is 4.55. The third-order valence-corrected chi connectivity index (χ3v) is 6.18. The van der Waals surface area contributed by atoms with Crippen molar-refractivity contribution in [2.45, 2.75) is 10.1 Å². The van der Waals surface area contributed by atoms with Gasteiger partial charge in [0.05, 0.1) is 5.69 Å². The molecule has 0 radical (unpaired) electrons. The highest BCUT2D eigenvalue weighted by atomic mass is 79.9. The molecule has 2 heterocycles. The first kappa shape index (κ1) is 18.1. The molecule has 0 amide bonds. The summed E-state index contributed by atoms with van der Waals surface area (Å²) in [6.07, 6.45) is 0. The molecule has 136 valence electrons. The standard InChI is InChI=1S/C18H11BrFN3O2S2/c19-11-5-6-12-10(7-16(24)25-15(12)8-11)9-26-18-23-22-17(27-18)21-14-4-2-1-3-13(14)20/h1-8H,9H2,(H,21,22). The van der Waals surface area contributed by atoms with E-state index < -0.39 is 5.63 Å². The lowest BCUT2D eigenvalue weighted by molar-refractivity contribution is 0.559. The smallest absolute Gasteiger partial charge is 0.336 e. The number of hydrogen-bond donors (Lipinski definition) is 1. The summed E-state index contributed by atoms with van der Waals surface area (Å²) in [7, 11) is 0. The Morgan fingerprint density at radius 1 is 1.19 bits per heavy atom. The SMILES string of the molecule is O=c1cc(CSc2nnc(Nc3ccccc3F)s2)c2ccc(Br)cc2o1. The van der Waals surface area contributed by atoms with Gasteiger partial charge in [-0.1, -0.05) is 51.2 Å². The second kappa shape index (κ2) is 7.79. The van der Waals surface area contributed by atoms with Crippen LogP contribution >= 0.6 is 39.0 Å². The van der Waals surface area contributed by atoms with Crippen molar-refractivity contribution < 1.29 is 8.81 Å². The van der Waals surface area contributed by atoms with Gasteiger partial charge in [-0.2, -0.15) is 0 Å². The summed E-state index contributed by atoms with van der Waals surface area (Å²) in [6.45, 7) is 0. The summed E-state index contributed by atoms with van der Waals surface area (Å²) >= 11 is 6.15. The van der Waals surface area contributed by atoms with Gasteiger partial charge in [-0.3, -0.25) is 0 Å². The van der Waals surface area contributed by atoms with Crippen LogP contribution in [0.1, 0.15) is 5.56 Å². The maximum atomic E-state index is 13.7. The molecule has 0 unspecified atom stereocenters. The van der Waals surface area contributed by atoms with Gasteiger partial charge in [0.2, 0.25) is 5.13 Å². The quantitative estimate of drug-likeness (QED) is 0.307. The minimum atomic E-state index is -0.393. The molecule has 4 rings (SSSR count). The molecule has 0 saturated heterocycles. The molecule has 27 heavy (non-hydrogen) atoms. The number of thioether (sulfide) groups is 1. The molecular weight excluding hydrogens is 453 g/mol. The van der Waals surface area contributed by atoms with Crippen LogP contribution in [0.4, 0.5) is 15.2 Å². The van der Waals surface area contributed by atoms with Gasteiger partial charge in [-0.05, 0) is 35.9 Å². The van der Waals surface area contributed by atoms with Crippen molar-refractivity contribution in [3.8, 4) is 0 Å². The van der Waals surface area contributed by atoms with Crippen molar-refractivity contribution in [3.63, 3.8) is 0 Å². The number of para-hydroxylation sites is 1. The van der Waals surface area contributed by atoms with Gasteiger partial charge >= 0.3 is 5.63 Å². The summed E-state index contributed by atoms with van der Waals surface area (Å²) in [6, 6.07) is 13.4. The van der Waals surface area contributed by atoms with E-state index in [4.69, 9.17) is 4.42 Å². The summed E-state index contributed by atoms with van der Waals surface area (Å²) in [5, 5.41) is 12.5. The fraction of sp³-hybridized carbons (Fsp3) is 0.0556. The van der Waals surface area contributed by atoms with Crippen LogP contribution in [-0.4, -0.2) is 10.2 Å². The Morgan fingerprint density at radius 2 is 2.04 bits per heavy atom. The first-order chi connectivity index (χ1) is 13.1. The predicted octanol–water partition coefficient (Wildman–Crippen LogP) is 5.58. The zero-order valence-corrected chi connectivity index (χ0v) is 16.8. The average Bonchev–Trinajstić information content (AvgIpc) is 3.08. The van der Waals surface area contributed by atoms with Crippen LogP contribution in [-0.2, 0) is 5.75 Å². The molecule has 0 aliphatic heterocycles. The summed E-state index contributed by atoms with van der Waals surface area (Å²) in [5.74, 6) is 0.188. The van der Waals surface area contributed by atoms with E-state index in [1.807, 2.05) is 12.1 Å². The number of aromatic nitrogens is 2. The van der Waals surface area contributed by atoms with Crippen molar-refractivity contribution in [2.24, 2.45) is 0 Å². The first-order valence-electron chi connectivity index (χ1n) is 7.78. The number of fused-ring (bicyclic) bond motifs is 1. The van der Waals surface area contributed by atoms with Gasteiger partial charge in [0, 0.05) is 21.7 Å². The lowest BCUT2D eigenvalue weighted by Crippen LogP contribution is -1.99. The van der Waals surface area contributed by atoms with Crippen molar-refractivity contribution in [3.05, 3.63) is 74.8 Å². The topological polar surface area (TPSA) is 68.0 Å². The molecule has 5 nitrogen and oxygen atoms in total. The molecule has 2 aromatic heterocycles. The average molecular weight is 464 g/mol. The van der Waals surface area contributed by atoms with Crippen molar-refractivity contribution >= 4 is 60.8 Å². The van der Waals surface area contributed by atoms with Crippen LogP contribution in [0.3, 0.4) is 0 Å². The van der Waals surface area contributed by atoms with Gasteiger partial charge in [0.15, 0.2) is 4.34 Å². The minimum Gasteiger partial charge on any atom is -0.423 e. The predicted molar refractivity (Wildman–Crippen MR) is 109 cm³/mol. The van der Waals surface area contributed by atoms with Gasteiger partial charge in [0.25, 0.3) is 0 Å². The highest BCUT2D eigenvalue weighted by molar-refractivity contribution is 9.10. The normalized spacial score (nSPS) is 11.0. The van der Waals surface area contributed by atoms with E-state index in [1.54, 1.807) is 24.3 Å². The maximum absolute atomic E-state index is 13.7. The summed E-state index contributed by atoms with van der Waals surface area (Å²) in [4.78, 5) is 11.8. The highest BCUT2D eigenvalue weighted by Gasteiger charge is 2.11. The fourth-order valence-electron chi connectivity index (χ4n) is 2.46. The summed E-state index contributed by atoms with van der Waals surface area (Å²) in [5.41, 5.74) is 1.35. The zero-order valence-electron chi connectivity index (χ0n) is 13.6. The Balaban J connectivity index is 1.52. The lowest BCUT2D eigenvalue weighted by Gasteiger charge is -2.04. The van der Waals surface area contributed by atoms with E-state index in [-0.39, 0.29) is 5.82 Å². The number of benzene rings is 2. The van der Waals surface area contributed by atoms with E-state index in [0.717, 1.165) is 15.4 Å². The number of hydrogen-bond acceptors (Lipinski definition) is 7. The van der Waals surface area contributed by atoms with E-state index in [2.05, 4.69) is 31.4 Å². The van der Waals surface area contributed by atoms with Gasteiger partial charge in [0.1, 0.15) is 11.4 Å². The third-order valence-electron chi connectivity index (χ3n) is 3.67. The molecule has 0 saturated carbocycles. The van der Waals surface area contributed by atoms with Crippen LogP contribution < -0.4 is 10.9 Å². The molecule has 0 aliphatic rings. The second-order valence-electron chi connectivity index (χ2n) is 5.50. The van der Waals surface area contributed by atoms with E-state index >= 15 is 0 Å². The van der Waals surface area contributed by atoms with Crippen LogP contribution in [0.15, 0.2) is 66.6 Å². The monoisotopic (exact) mass is 463 g/mol.